The van der Waals surface area contributed by atoms with Crippen LogP contribution in [0.25, 0.3) is 43.8 Å². The molecule has 1 aliphatic carbocycles. The molecule has 4 heteroatoms. The quantitative estimate of drug-likeness (QED) is 0.106. The molecule has 52 heavy (non-hydrogen) atoms. The van der Waals surface area contributed by atoms with Gasteiger partial charge in [0.1, 0.15) is 0 Å². The minimum atomic E-state index is 0. The first-order chi connectivity index (χ1) is 23.5. The van der Waals surface area contributed by atoms with Crippen molar-refractivity contribution in [2.24, 2.45) is 0 Å². The van der Waals surface area contributed by atoms with Gasteiger partial charge in [0.15, 0.2) is 0 Å². The Labute approximate surface area is 346 Å². The van der Waals surface area contributed by atoms with E-state index >= 15 is 0 Å². The molecule has 0 aliphatic heterocycles. The number of hydrogen-bond donors (Lipinski definition) is 0. The van der Waals surface area contributed by atoms with E-state index in [4.69, 9.17) is 0 Å². The van der Waals surface area contributed by atoms with Crippen molar-refractivity contribution >= 4 is 53.2 Å². The molecular weight excluding hydrogens is 767 g/mol. The third-order valence-electron chi connectivity index (χ3n) is 10.9. The van der Waals surface area contributed by atoms with Crippen LogP contribution in [0.4, 0.5) is 0 Å². The maximum absolute atomic E-state index is 3.06. The molecule has 278 valence electrons. The van der Waals surface area contributed by atoms with Gasteiger partial charge >= 0.3 is 30.2 Å². The number of benzene rings is 4. The Balaban J connectivity index is 0.000000468. The molecule has 0 bridgehead atoms. The van der Waals surface area contributed by atoms with Gasteiger partial charge in [-0.2, -0.15) is 12.1 Å². The van der Waals surface area contributed by atoms with E-state index in [2.05, 4.69) is 151 Å². The molecule has 6 aromatic rings. The zero-order chi connectivity index (χ0) is 34.0. The van der Waals surface area contributed by atoms with Crippen molar-refractivity contribution in [2.75, 3.05) is 0 Å². The molecule has 0 nitrogen and oxygen atoms in total. The molecular formula is C48H60Cl2SiZr-4. The van der Waals surface area contributed by atoms with Gasteiger partial charge in [0.2, 0.25) is 0 Å². The molecule has 2 unspecified atom stereocenters. The minimum absolute atomic E-state index is 0. The van der Waals surface area contributed by atoms with Crippen LogP contribution in [0.5, 0.6) is 0 Å². The van der Waals surface area contributed by atoms with Gasteiger partial charge in [0.25, 0.3) is 0 Å². The van der Waals surface area contributed by atoms with Crippen LogP contribution < -0.4 is 0 Å². The van der Waals surface area contributed by atoms with Crippen LogP contribution in [0.3, 0.4) is 0 Å². The van der Waals surface area contributed by atoms with E-state index in [1.54, 1.807) is 5.56 Å². The van der Waals surface area contributed by atoms with Crippen LogP contribution in [0, 0.1) is 14.9 Å². The second kappa shape index (κ2) is 23.5. The fourth-order valence-electron chi connectivity index (χ4n) is 7.39. The fourth-order valence-corrected chi connectivity index (χ4v) is 7.39. The number of halogens is 2. The van der Waals surface area contributed by atoms with E-state index in [1.165, 1.54) is 129 Å². The molecule has 6 aromatic carbocycles. The predicted octanol–water partition coefficient (Wildman–Crippen LogP) is 15.4. The van der Waals surface area contributed by atoms with Gasteiger partial charge < -0.3 is 14.9 Å². The van der Waals surface area contributed by atoms with Crippen LogP contribution in [0.15, 0.2) is 109 Å². The third-order valence-corrected chi connectivity index (χ3v) is 10.9. The van der Waals surface area contributed by atoms with Crippen molar-refractivity contribution in [3.05, 3.63) is 146 Å². The van der Waals surface area contributed by atoms with E-state index in [0.29, 0.717) is 11.8 Å². The molecule has 0 amide bonds. The number of rotatable bonds is 8. The van der Waals surface area contributed by atoms with Gasteiger partial charge in [-0.15, -0.1) is 93.9 Å². The summed E-state index contributed by atoms with van der Waals surface area (Å²) in [5.41, 5.74) is 11.3. The summed E-state index contributed by atoms with van der Waals surface area (Å²) in [5, 5.41) is 5.57. The van der Waals surface area contributed by atoms with Crippen LogP contribution in [-0.2, 0) is 29.8 Å². The van der Waals surface area contributed by atoms with Gasteiger partial charge in [0, 0.05) is 0 Å². The summed E-state index contributed by atoms with van der Waals surface area (Å²) in [6.07, 6.45) is 10.4. The Hall–Kier alpha value is -2.22. The Morgan fingerprint density at radius 3 is 1.50 bits per heavy atom. The van der Waals surface area contributed by atoms with Crippen molar-refractivity contribution in [2.45, 2.75) is 104 Å². The normalized spacial score (nSPS) is 13.4. The van der Waals surface area contributed by atoms with Crippen LogP contribution >= 0.6 is 24.8 Å². The standard InChI is InChI=1S/C25H29.C21H23.2CH3.2ClH.Si.Zr/c1-3-18(2)19-12-14-21(15-13-19)24-11-7-10-22-16-23(17-25(22)24)20-8-5-4-6-9-20;1-4-15(3)17-9-11-18(12-10-17)20-8-6-7-19-13-16(5-2)14-21(19)20;;;;;;/h7,10-18,20H,3-6,8-9H2,1-2H3;6-15H,4-5H2,1-3H3;2*1H3;2*1H;;/q4*-1;;;;. The van der Waals surface area contributed by atoms with Crippen molar-refractivity contribution in [1.29, 1.82) is 0 Å². The average molecular weight is 827 g/mol. The number of hydrogen-bond acceptors (Lipinski definition) is 0. The Bertz CT molecular complexity index is 1880. The van der Waals surface area contributed by atoms with Gasteiger partial charge in [-0.25, -0.2) is 0 Å². The monoisotopic (exact) mass is 824 g/mol. The third kappa shape index (κ3) is 11.4. The molecule has 0 saturated heterocycles. The van der Waals surface area contributed by atoms with E-state index in [-0.39, 0.29) is 39.7 Å². The van der Waals surface area contributed by atoms with Crippen molar-refractivity contribution in [1.82, 2.24) is 0 Å². The summed E-state index contributed by atoms with van der Waals surface area (Å²) in [4.78, 5) is 0. The first-order valence-electron chi connectivity index (χ1n) is 18.3. The summed E-state index contributed by atoms with van der Waals surface area (Å²) in [6, 6.07) is 41.3. The predicted molar refractivity (Wildman–Crippen MR) is 236 cm³/mol. The molecule has 2 radical (unpaired) electrons. The van der Waals surface area contributed by atoms with Crippen LogP contribution in [0.2, 0.25) is 0 Å². The topological polar surface area (TPSA) is 0 Å². The Morgan fingerprint density at radius 2 is 1.06 bits per heavy atom. The van der Waals surface area contributed by atoms with Gasteiger partial charge in [-0.3, -0.25) is 0 Å². The van der Waals surface area contributed by atoms with Gasteiger partial charge in [-0.05, 0) is 72.1 Å². The average Bonchev–Trinajstić information content (AvgIpc) is 3.81. The van der Waals surface area contributed by atoms with E-state index < -0.39 is 0 Å². The molecule has 2 atom stereocenters. The zero-order valence-corrected chi connectivity index (χ0v) is 37.7. The fraction of sp³-hybridized carbons (Fsp3) is 0.333. The van der Waals surface area contributed by atoms with Crippen molar-refractivity contribution < 1.29 is 23.3 Å². The number of aryl methyl sites for hydroxylation is 1. The van der Waals surface area contributed by atoms with Crippen molar-refractivity contribution in [3.8, 4) is 22.3 Å². The van der Waals surface area contributed by atoms with E-state index in [9.17, 15) is 0 Å². The number of fused-ring (bicyclic) bond motifs is 2. The molecule has 0 N–H and O–H groups in total. The van der Waals surface area contributed by atoms with E-state index in [1.807, 2.05) is 0 Å². The summed E-state index contributed by atoms with van der Waals surface area (Å²) < 4.78 is 0. The van der Waals surface area contributed by atoms with Gasteiger partial charge in [-0.1, -0.05) is 126 Å². The van der Waals surface area contributed by atoms with Crippen LogP contribution in [0.1, 0.15) is 120 Å². The molecule has 0 aromatic heterocycles. The molecule has 1 aliphatic rings. The molecule has 7 rings (SSSR count). The maximum atomic E-state index is 3.06. The summed E-state index contributed by atoms with van der Waals surface area (Å²) in [6.45, 7) is 14.4. The van der Waals surface area contributed by atoms with Crippen LogP contribution in [-0.4, -0.2) is 6.88 Å². The Kier molecular flexibility index (Phi) is 21.6. The second-order valence-corrected chi connectivity index (χ2v) is 13.8. The zero-order valence-electron chi connectivity index (χ0n) is 32.6. The summed E-state index contributed by atoms with van der Waals surface area (Å²) >= 11 is 1.36. The Morgan fingerprint density at radius 1 is 0.615 bits per heavy atom. The van der Waals surface area contributed by atoms with Gasteiger partial charge in [0.05, 0.1) is 0 Å². The first kappa shape index (κ1) is 47.8. The second-order valence-electron chi connectivity index (χ2n) is 13.8. The molecule has 0 heterocycles. The first-order valence-corrected chi connectivity index (χ1v) is 22.5. The summed E-state index contributed by atoms with van der Waals surface area (Å²) in [7, 11) is 0. The molecule has 0 spiro atoms. The SMILES string of the molecule is CCC(C)c1ccc(-c2cccc3[cH-]c(C4CCCCC4)cc23)cc1.CCc1cc2c(-c3ccc(C(C)CC)cc3)cccc2[cH-]1.Cl.Cl.[CH3-].[CH3-].[Si]=[Zr]. The summed E-state index contributed by atoms with van der Waals surface area (Å²) in [5.74, 6) is 2.06. The molecule has 1 saturated carbocycles. The molecule has 1 fully saturated rings. The van der Waals surface area contributed by atoms with Crippen molar-refractivity contribution in [3.63, 3.8) is 0 Å². The van der Waals surface area contributed by atoms with E-state index in [0.717, 1.165) is 12.3 Å².